The monoisotopic (exact) mass is 322 g/mol. The van der Waals surface area contributed by atoms with E-state index in [1.54, 1.807) is 0 Å². The average Bonchev–Trinajstić information content (AvgIpc) is 2.79. The van der Waals surface area contributed by atoms with Crippen molar-refractivity contribution >= 4 is 17.5 Å². The van der Waals surface area contributed by atoms with Crippen LogP contribution in [0.5, 0.6) is 0 Å². The summed E-state index contributed by atoms with van der Waals surface area (Å²) in [5.41, 5.74) is 1.13. The highest BCUT2D eigenvalue weighted by Crippen LogP contribution is 2.29. The number of carbonyl (C=O) groups excluding carboxylic acids is 1. The normalized spacial score (nSPS) is 17.7. The van der Waals surface area contributed by atoms with Crippen molar-refractivity contribution in [2.75, 3.05) is 19.6 Å². The molecule has 0 saturated carbocycles. The molecular formula is C18H27ClN2O. The maximum Gasteiger partial charge on any atom is 0.220 e. The van der Waals surface area contributed by atoms with E-state index in [2.05, 4.69) is 16.3 Å². The number of amides is 1. The van der Waals surface area contributed by atoms with Gasteiger partial charge in [-0.05, 0) is 44.0 Å². The molecule has 0 spiro atoms. The number of carbonyl (C=O) groups is 1. The lowest BCUT2D eigenvalue weighted by molar-refractivity contribution is -0.121. The molecule has 1 amide bonds. The highest BCUT2D eigenvalue weighted by Gasteiger charge is 2.23. The molecule has 22 heavy (non-hydrogen) atoms. The molecule has 4 heteroatoms. The Labute approximate surface area is 139 Å². The highest BCUT2D eigenvalue weighted by atomic mass is 35.5. The Morgan fingerprint density at radius 2 is 1.91 bits per heavy atom. The van der Waals surface area contributed by atoms with E-state index in [1.165, 1.54) is 25.7 Å². The van der Waals surface area contributed by atoms with E-state index in [0.717, 1.165) is 30.1 Å². The van der Waals surface area contributed by atoms with Gasteiger partial charge in [-0.3, -0.25) is 9.69 Å². The standard InChI is InChI=1S/C18H27ClN2O/c1-2-9-18(22)20-14-17(15-10-5-6-11-16(15)19)21-12-7-3-4-8-13-21/h5-6,10-11,17H,2-4,7-9,12-14H2,1H3,(H,20,22). The summed E-state index contributed by atoms with van der Waals surface area (Å²) in [4.78, 5) is 14.3. The van der Waals surface area contributed by atoms with E-state index in [1.807, 2.05) is 25.1 Å². The fourth-order valence-corrected chi connectivity index (χ4v) is 3.38. The molecule has 2 rings (SSSR count). The van der Waals surface area contributed by atoms with Crippen LogP contribution in [-0.2, 0) is 4.79 Å². The van der Waals surface area contributed by atoms with Crippen LogP contribution in [-0.4, -0.2) is 30.4 Å². The Kier molecular flexibility index (Phi) is 7.20. The molecule has 0 radical (unpaired) electrons. The van der Waals surface area contributed by atoms with Crippen LogP contribution in [0.25, 0.3) is 0 Å². The summed E-state index contributed by atoms with van der Waals surface area (Å²) >= 11 is 6.42. The zero-order valence-corrected chi connectivity index (χ0v) is 14.2. The number of halogens is 1. The third-order valence-electron chi connectivity index (χ3n) is 4.32. The van der Waals surface area contributed by atoms with E-state index in [9.17, 15) is 4.79 Å². The number of likely N-dealkylation sites (tertiary alicyclic amines) is 1. The second-order valence-corrected chi connectivity index (χ2v) is 6.45. The third kappa shape index (κ3) is 4.99. The van der Waals surface area contributed by atoms with Gasteiger partial charge in [-0.2, -0.15) is 0 Å². The van der Waals surface area contributed by atoms with Gasteiger partial charge in [0.15, 0.2) is 0 Å². The summed E-state index contributed by atoms with van der Waals surface area (Å²) in [6.45, 7) is 4.83. The Morgan fingerprint density at radius 1 is 1.23 bits per heavy atom. The van der Waals surface area contributed by atoms with Gasteiger partial charge in [-0.25, -0.2) is 0 Å². The molecule has 1 aliphatic heterocycles. The number of nitrogens with zero attached hydrogens (tertiary/aromatic N) is 1. The minimum Gasteiger partial charge on any atom is -0.354 e. The number of hydrogen-bond acceptors (Lipinski definition) is 2. The molecule has 1 atom stereocenters. The van der Waals surface area contributed by atoms with Crippen molar-refractivity contribution in [1.29, 1.82) is 0 Å². The van der Waals surface area contributed by atoms with Crippen molar-refractivity contribution in [2.24, 2.45) is 0 Å². The molecule has 1 heterocycles. The van der Waals surface area contributed by atoms with E-state index < -0.39 is 0 Å². The van der Waals surface area contributed by atoms with Gasteiger partial charge in [0.2, 0.25) is 5.91 Å². The second-order valence-electron chi connectivity index (χ2n) is 6.04. The lowest BCUT2D eigenvalue weighted by Gasteiger charge is -2.31. The smallest absolute Gasteiger partial charge is 0.220 e. The van der Waals surface area contributed by atoms with Gasteiger partial charge < -0.3 is 5.32 Å². The summed E-state index contributed by atoms with van der Waals surface area (Å²) in [5.74, 6) is 0.134. The maximum absolute atomic E-state index is 11.9. The molecule has 1 unspecified atom stereocenters. The zero-order chi connectivity index (χ0) is 15.8. The number of rotatable bonds is 6. The van der Waals surface area contributed by atoms with Crippen molar-refractivity contribution in [3.8, 4) is 0 Å². The molecule has 122 valence electrons. The Balaban J connectivity index is 2.12. The van der Waals surface area contributed by atoms with Gasteiger partial charge >= 0.3 is 0 Å². The molecule has 3 nitrogen and oxygen atoms in total. The van der Waals surface area contributed by atoms with Gasteiger partial charge in [-0.1, -0.05) is 49.6 Å². The molecule has 0 bridgehead atoms. The molecule has 0 aromatic heterocycles. The first kappa shape index (κ1) is 17.3. The second kappa shape index (κ2) is 9.16. The largest absolute Gasteiger partial charge is 0.354 e. The zero-order valence-electron chi connectivity index (χ0n) is 13.5. The lowest BCUT2D eigenvalue weighted by atomic mass is 10.0. The Hall–Kier alpha value is -1.06. The molecule has 1 aliphatic rings. The SMILES string of the molecule is CCCC(=O)NCC(c1ccccc1Cl)N1CCCCCC1. The van der Waals surface area contributed by atoms with Gasteiger partial charge in [0.25, 0.3) is 0 Å². The summed E-state index contributed by atoms with van der Waals surface area (Å²) in [7, 11) is 0. The van der Waals surface area contributed by atoms with Gasteiger partial charge in [-0.15, -0.1) is 0 Å². The summed E-state index contributed by atoms with van der Waals surface area (Å²) in [5, 5.41) is 3.88. The van der Waals surface area contributed by atoms with Crippen LogP contribution >= 0.6 is 11.6 Å². The number of benzene rings is 1. The first-order valence-electron chi connectivity index (χ1n) is 8.47. The third-order valence-corrected chi connectivity index (χ3v) is 4.66. The Morgan fingerprint density at radius 3 is 2.55 bits per heavy atom. The van der Waals surface area contributed by atoms with Crippen LogP contribution in [0, 0.1) is 0 Å². The van der Waals surface area contributed by atoms with Gasteiger partial charge in [0.05, 0.1) is 6.04 Å². The van der Waals surface area contributed by atoms with Crippen LogP contribution in [0.15, 0.2) is 24.3 Å². The minimum absolute atomic E-state index is 0.134. The van der Waals surface area contributed by atoms with Gasteiger partial charge in [0, 0.05) is 18.0 Å². The van der Waals surface area contributed by atoms with E-state index in [0.29, 0.717) is 13.0 Å². The highest BCUT2D eigenvalue weighted by molar-refractivity contribution is 6.31. The van der Waals surface area contributed by atoms with E-state index in [4.69, 9.17) is 11.6 Å². The molecule has 1 N–H and O–H groups in total. The number of nitrogens with one attached hydrogen (secondary N) is 1. The molecular weight excluding hydrogens is 296 g/mol. The molecule has 0 aliphatic carbocycles. The van der Waals surface area contributed by atoms with Crippen molar-refractivity contribution in [3.63, 3.8) is 0 Å². The molecule has 1 aromatic carbocycles. The van der Waals surface area contributed by atoms with E-state index in [-0.39, 0.29) is 11.9 Å². The van der Waals surface area contributed by atoms with Crippen molar-refractivity contribution in [3.05, 3.63) is 34.9 Å². The summed E-state index contributed by atoms with van der Waals surface area (Å²) < 4.78 is 0. The topological polar surface area (TPSA) is 32.3 Å². The fraction of sp³-hybridized carbons (Fsp3) is 0.611. The average molecular weight is 323 g/mol. The Bertz CT molecular complexity index is 470. The summed E-state index contributed by atoms with van der Waals surface area (Å²) in [6.07, 6.45) is 6.52. The van der Waals surface area contributed by atoms with Crippen molar-refractivity contribution in [2.45, 2.75) is 51.5 Å². The quantitative estimate of drug-likeness (QED) is 0.852. The number of hydrogen-bond donors (Lipinski definition) is 1. The lowest BCUT2D eigenvalue weighted by Crippen LogP contribution is -2.38. The fourth-order valence-electron chi connectivity index (χ4n) is 3.11. The van der Waals surface area contributed by atoms with Crippen LogP contribution in [0.3, 0.4) is 0 Å². The van der Waals surface area contributed by atoms with Crippen LogP contribution in [0.1, 0.15) is 57.1 Å². The predicted molar refractivity (Wildman–Crippen MR) is 92.2 cm³/mol. The first-order chi connectivity index (χ1) is 10.7. The van der Waals surface area contributed by atoms with Crippen molar-refractivity contribution < 1.29 is 4.79 Å². The molecule has 1 aromatic rings. The maximum atomic E-state index is 11.9. The summed E-state index contributed by atoms with van der Waals surface area (Å²) in [6, 6.07) is 8.19. The minimum atomic E-state index is 0.134. The van der Waals surface area contributed by atoms with Crippen LogP contribution in [0.4, 0.5) is 0 Å². The van der Waals surface area contributed by atoms with Crippen LogP contribution in [0.2, 0.25) is 5.02 Å². The first-order valence-corrected chi connectivity index (χ1v) is 8.85. The van der Waals surface area contributed by atoms with Crippen LogP contribution < -0.4 is 5.32 Å². The van der Waals surface area contributed by atoms with Crippen molar-refractivity contribution in [1.82, 2.24) is 10.2 Å². The van der Waals surface area contributed by atoms with Gasteiger partial charge in [0.1, 0.15) is 0 Å². The molecule has 1 fully saturated rings. The molecule has 1 saturated heterocycles. The van der Waals surface area contributed by atoms with E-state index >= 15 is 0 Å². The predicted octanol–water partition coefficient (Wildman–Crippen LogP) is 4.17.